The van der Waals surface area contributed by atoms with Crippen LogP contribution in [-0.2, 0) is 6.54 Å². The Bertz CT molecular complexity index is 993. The van der Waals surface area contributed by atoms with Crippen LogP contribution in [0.25, 0.3) is 11.3 Å². The van der Waals surface area contributed by atoms with E-state index in [1.807, 2.05) is 54.6 Å². The minimum Gasteiger partial charge on any atom is -0.497 e. The molecule has 0 saturated carbocycles. The van der Waals surface area contributed by atoms with Crippen molar-refractivity contribution in [2.75, 3.05) is 21.2 Å². The number of benzene rings is 2. The summed E-state index contributed by atoms with van der Waals surface area (Å²) >= 11 is 0. The molecule has 1 aromatic heterocycles. The van der Waals surface area contributed by atoms with Crippen molar-refractivity contribution in [3.05, 3.63) is 82.1 Å². The Kier molecular flexibility index (Phi) is 5.35. The molecule has 0 spiro atoms. The van der Waals surface area contributed by atoms with Crippen LogP contribution < -0.4 is 10.3 Å². The highest BCUT2D eigenvalue weighted by molar-refractivity contribution is 5.94. The van der Waals surface area contributed by atoms with E-state index >= 15 is 0 Å². The fourth-order valence-electron chi connectivity index (χ4n) is 2.70. The summed E-state index contributed by atoms with van der Waals surface area (Å²) in [4.78, 5) is 26.7. The van der Waals surface area contributed by atoms with E-state index in [0.717, 1.165) is 16.9 Å². The van der Waals surface area contributed by atoms with Gasteiger partial charge in [-0.05, 0) is 35.9 Å². The van der Waals surface area contributed by atoms with Crippen LogP contribution in [0.15, 0.2) is 65.5 Å². The van der Waals surface area contributed by atoms with Crippen LogP contribution in [0.5, 0.6) is 5.75 Å². The second kappa shape index (κ2) is 7.86. The van der Waals surface area contributed by atoms with Gasteiger partial charge in [0, 0.05) is 19.7 Å². The molecule has 0 aliphatic heterocycles. The number of ether oxygens (including phenoxy) is 1. The molecule has 0 unspecified atom stereocenters. The van der Waals surface area contributed by atoms with E-state index in [0.29, 0.717) is 5.69 Å². The van der Waals surface area contributed by atoms with Crippen molar-refractivity contribution in [3.8, 4) is 17.0 Å². The summed E-state index contributed by atoms with van der Waals surface area (Å²) in [5, 5.41) is 4.49. The maximum Gasteiger partial charge on any atom is 0.279 e. The summed E-state index contributed by atoms with van der Waals surface area (Å²) in [6.45, 7) is 0.289. The Labute approximate surface area is 157 Å². The Morgan fingerprint density at radius 3 is 2.33 bits per heavy atom. The lowest BCUT2D eigenvalue weighted by Crippen LogP contribution is -2.34. The molecule has 6 nitrogen and oxygen atoms in total. The van der Waals surface area contributed by atoms with E-state index in [1.165, 1.54) is 9.58 Å². The fourth-order valence-corrected chi connectivity index (χ4v) is 2.70. The topological polar surface area (TPSA) is 64.4 Å². The molecule has 2 aromatic carbocycles. The maximum absolute atomic E-state index is 12.8. The number of aromatic nitrogens is 2. The third kappa shape index (κ3) is 4.06. The van der Waals surface area contributed by atoms with Crippen LogP contribution in [0.2, 0.25) is 0 Å². The molecule has 27 heavy (non-hydrogen) atoms. The zero-order valence-electron chi connectivity index (χ0n) is 15.5. The number of nitrogens with zero attached hydrogens (tertiary/aromatic N) is 3. The molecule has 0 aliphatic rings. The molecule has 1 amide bonds. The van der Waals surface area contributed by atoms with Crippen LogP contribution >= 0.6 is 0 Å². The lowest BCUT2D eigenvalue weighted by Gasteiger charge is -2.14. The van der Waals surface area contributed by atoms with Gasteiger partial charge in [-0.3, -0.25) is 9.59 Å². The van der Waals surface area contributed by atoms with Gasteiger partial charge in [0.1, 0.15) is 11.3 Å². The number of carbonyl (C=O) groups is 1. The van der Waals surface area contributed by atoms with Gasteiger partial charge in [-0.2, -0.15) is 5.10 Å². The minimum absolute atomic E-state index is 0.0942. The lowest BCUT2D eigenvalue weighted by molar-refractivity contribution is 0.0825. The van der Waals surface area contributed by atoms with Gasteiger partial charge in [-0.15, -0.1) is 0 Å². The second-order valence-corrected chi connectivity index (χ2v) is 6.32. The molecule has 0 N–H and O–H groups in total. The zero-order chi connectivity index (χ0) is 19.4. The predicted molar refractivity (Wildman–Crippen MR) is 104 cm³/mol. The monoisotopic (exact) mass is 363 g/mol. The van der Waals surface area contributed by atoms with Crippen LogP contribution in [0.1, 0.15) is 15.9 Å². The molecule has 0 bridgehead atoms. The SMILES string of the molecule is COc1ccc(-c2cc(C(=O)N(C)C)c(=O)n(Cc3ccccc3)n2)cc1. The van der Waals surface area contributed by atoms with Crippen LogP contribution in [-0.4, -0.2) is 41.8 Å². The molecule has 0 radical (unpaired) electrons. The summed E-state index contributed by atoms with van der Waals surface area (Å²) in [5.74, 6) is 0.375. The largest absolute Gasteiger partial charge is 0.497 e. The molecule has 0 fully saturated rings. The van der Waals surface area contributed by atoms with Crippen molar-refractivity contribution >= 4 is 5.91 Å². The first kappa shape index (κ1) is 18.4. The second-order valence-electron chi connectivity index (χ2n) is 6.32. The summed E-state index contributed by atoms with van der Waals surface area (Å²) in [6.07, 6.45) is 0. The molecule has 3 rings (SSSR count). The molecule has 0 atom stereocenters. The first-order valence-electron chi connectivity index (χ1n) is 8.52. The molecule has 0 aliphatic carbocycles. The fraction of sp³-hybridized carbons (Fsp3) is 0.190. The number of amides is 1. The van der Waals surface area contributed by atoms with E-state index in [-0.39, 0.29) is 18.0 Å². The maximum atomic E-state index is 12.8. The summed E-state index contributed by atoms with van der Waals surface area (Å²) in [6, 6.07) is 18.4. The van der Waals surface area contributed by atoms with Crippen LogP contribution in [0.4, 0.5) is 0 Å². The number of carbonyl (C=O) groups excluding carboxylic acids is 1. The summed E-state index contributed by atoms with van der Waals surface area (Å²) < 4.78 is 6.52. The van der Waals surface area contributed by atoms with E-state index in [2.05, 4.69) is 5.10 Å². The standard InChI is InChI=1S/C21H21N3O3/c1-23(2)20(25)18-13-19(16-9-11-17(27-3)12-10-16)22-24(21(18)26)14-15-7-5-4-6-8-15/h4-13H,14H2,1-3H3. The smallest absolute Gasteiger partial charge is 0.279 e. The molecule has 1 heterocycles. The van der Waals surface area contributed by atoms with Gasteiger partial charge in [0.25, 0.3) is 11.5 Å². The van der Waals surface area contributed by atoms with Gasteiger partial charge >= 0.3 is 0 Å². The number of methoxy groups -OCH3 is 1. The van der Waals surface area contributed by atoms with Gasteiger partial charge in [0.05, 0.1) is 19.3 Å². The van der Waals surface area contributed by atoms with Crippen molar-refractivity contribution in [2.24, 2.45) is 0 Å². The first-order chi connectivity index (χ1) is 13.0. The van der Waals surface area contributed by atoms with Gasteiger partial charge in [0.2, 0.25) is 0 Å². The molecule has 6 heteroatoms. The van der Waals surface area contributed by atoms with Crippen LogP contribution in [0, 0.1) is 0 Å². The van der Waals surface area contributed by atoms with Crippen LogP contribution in [0.3, 0.4) is 0 Å². The normalized spacial score (nSPS) is 10.5. The van der Waals surface area contributed by atoms with Gasteiger partial charge < -0.3 is 9.64 Å². The Morgan fingerprint density at radius 1 is 1.07 bits per heavy atom. The third-order valence-electron chi connectivity index (χ3n) is 4.17. The Hall–Kier alpha value is -3.41. The Balaban J connectivity index is 2.12. The average molecular weight is 363 g/mol. The first-order valence-corrected chi connectivity index (χ1v) is 8.52. The van der Waals surface area contributed by atoms with E-state index in [9.17, 15) is 9.59 Å². The van der Waals surface area contributed by atoms with Gasteiger partial charge in [0.15, 0.2) is 0 Å². The number of rotatable bonds is 5. The van der Waals surface area contributed by atoms with Gasteiger partial charge in [-0.1, -0.05) is 30.3 Å². The molecule has 3 aromatic rings. The highest BCUT2D eigenvalue weighted by Crippen LogP contribution is 2.21. The quantitative estimate of drug-likeness (QED) is 0.699. The number of hydrogen-bond acceptors (Lipinski definition) is 4. The van der Waals surface area contributed by atoms with E-state index < -0.39 is 5.56 Å². The van der Waals surface area contributed by atoms with Crippen molar-refractivity contribution in [1.29, 1.82) is 0 Å². The summed E-state index contributed by atoms with van der Waals surface area (Å²) in [7, 11) is 4.84. The molecular weight excluding hydrogens is 342 g/mol. The zero-order valence-corrected chi connectivity index (χ0v) is 15.5. The predicted octanol–water partition coefficient (Wildman–Crippen LogP) is 2.67. The minimum atomic E-state index is -0.408. The highest BCUT2D eigenvalue weighted by Gasteiger charge is 2.18. The van der Waals surface area contributed by atoms with E-state index in [1.54, 1.807) is 27.3 Å². The number of hydrogen-bond donors (Lipinski definition) is 0. The molecular formula is C21H21N3O3. The highest BCUT2D eigenvalue weighted by atomic mass is 16.5. The summed E-state index contributed by atoms with van der Waals surface area (Å²) in [5.41, 5.74) is 1.97. The van der Waals surface area contributed by atoms with E-state index in [4.69, 9.17) is 4.74 Å². The van der Waals surface area contributed by atoms with Gasteiger partial charge in [-0.25, -0.2) is 4.68 Å². The average Bonchev–Trinajstić information content (AvgIpc) is 2.70. The van der Waals surface area contributed by atoms with Crippen molar-refractivity contribution in [2.45, 2.75) is 6.54 Å². The molecule has 138 valence electrons. The van der Waals surface area contributed by atoms with Crippen molar-refractivity contribution < 1.29 is 9.53 Å². The Morgan fingerprint density at radius 2 is 1.74 bits per heavy atom. The lowest BCUT2D eigenvalue weighted by atomic mass is 10.1. The van der Waals surface area contributed by atoms with Crippen molar-refractivity contribution in [3.63, 3.8) is 0 Å². The third-order valence-corrected chi connectivity index (χ3v) is 4.17. The van der Waals surface area contributed by atoms with Crippen molar-refractivity contribution in [1.82, 2.24) is 14.7 Å². The molecule has 0 saturated heterocycles.